The van der Waals surface area contributed by atoms with Gasteiger partial charge in [0.1, 0.15) is 0 Å². The Morgan fingerprint density at radius 1 is 1.21 bits per heavy atom. The van der Waals surface area contributed by atoms with Crippen LogP contribution < -0.4 is 10.6 Å². The van der Waals surface area contributed by atoms with E-state index >= 15 is 0 Å². The van der Waals surface area contributed by atoms with Gasteiger partial charge in [0.05, 0.1) is 12.6 Å². The van der Waals surface area contributed by atoms with Gasteiger partial charge >= 0.3 is 11.8 Å². The molecule has 102 valence electrons. The van der Waals surface area contributed by atoms with Gasteiger partial charge in [-0.25, -0.2) is 0 Å². The van der Waals surface area contributed by atoms with E-state index in [0.29, 0.717) is 23.9 Å². The molecule has 1 fully saturated rings. The van der Waals surface area contributed by atoms with Crippen LogP contribution in [0.4, 0.5) is 5.69 Å². The summed E-state index contributed by atoms with van der Waals surface area (Å²) in [6.07, 6.45) is 1.73. The van der Waals surface area contributed by atoms with Gasteiger partial charge in [0.2, 0.25) is 0 Å². The van der Waals surface area contributed by atoms with Crippen LogP contribution in [0.5, 0.6) is 0 Å². The molecular formula is C13H15ClN2O3. The first-order valence-corrected chi connectivity index (χ1v) is 6.48. The molecule has 0 saturated carbocycles. The summed E-state index contributed by atoms with van der Waals surface area (Å²) in [4.78, 5) is 23.4. The van der Waals surface area contributed by atoms with Crippen molar-refractivity contribution in [2.75, 3.05) is 18.5 Å². The van der Waals surface area contributed by atoms with Crippen LogP contribution in [0.15, 0.2) is 24.3 Å². The molecule has 0 aromatic heterocycles. The van der Waals surface area contributed by atoms with Gasteiger partial charge in [-0.3, -0.25) is 9.59 Å². The predicted molar refractivity (Wildman–Crippen MR) is 72.1 cm³/mol. The van der Waals surface area contributed by atoms with Crippen molar-refractivity contribution < 1.29 is 14.3 Å². The van der Waals surface area contributed by atoms with Crippen LogP contribution in [-0.4, -0.2) is 31.1 Å². The molecule has 2 N–H and O–H groups in total. The van der Waals surface area contributed by atoms with Crippen LogP contribution in [0.3, 0.4) is 0 Å². The van der Waals surface area contributed by atoms with E-state index in [9.17, 15) is 9.59 Å². The third-order valence-corrected chi connectivity index (χ3v) is 3.06. The van der Waals surface area contributed by atoms with Crippen molar-refractivity contribution >= 4 is 29.1 Å². The Bertz CT molecular complexity index is 455. The second-order valence-corrected chi connectivity index (χ2v) is 4.78. The molecule has 1 heterocycles. The monoisotopic (exact) mass is 282 g/mol. The lowest BCUT2D eigenvalue weighted by Gasteiger charge is -2.22. The average Bonchev–Trinajstić information content (AvgIpc) is 2.42. The van der Waals surface area contributed by atoms with E-state index in [2.05, 4.69) is 10.6 Å². The van der Waals surface area contributed by atoms with Gasteiger partial charge in [-0.1, -0.05) is 11.6 Å². The molecule has 19 heavy (non-hydrogen) atoms. The first-order chi connectivity index (χ1) is 9.15. The number of amides is 2. The zero-order valence-electron chi connectivity index (χ0n) is 10.3. The smallest absolute Gasteiger partial charge is 0.313 e. The Balaban J connectivity index is 1.84. The number of anilines is 1. The Morgan fingerprint density at radius 2 is 1.95 bits per heavy atom. The molecular weight excluding hydrogens is 268 g/mol. The van der Waals surface area contributed by atoms with Crippen LogP contribution in [0.1, 0.15) is 12.8 Å². The maximum absolute atomic E-state index is 11.7. The quantitative estimate of drug-likeness (QED) is 0.809. The minimum Gasteiger partial charge on any atom is -0.379 e. The minimum atomic E-state index is -0.687. The van der Waals surface area contributed by atoms with Gasteiger partial charge in [0.25, 0.3) is 0 Å². The van der Waals surface area contributed by atoms with Crippen molar-refractivity contribution in [2.45, 2.75) is 18.9 Å². The topological polar surface area (TPSA) is 67.4 Å². The van der Waals surface area contributed by atoms with Crippen molar-refractivity contribution in [1.82, 2.24) is 5.32 Å². The lowest BCUT2D eigenvalue weighted by Crippen LogP contribution is -2.45. The first-order valence-electron chi connectivity index (χ1n) is 6.10. The Morgan fingerprint density at radius 3 is 2.58 bits per heavy atom. The van der Waals surface area contributed by atoms with Gasteiger partial charge in [-0.15, -0.1) is 0 Å². The molecule has 5 nitrogen and oxygen atoms in total. The van der Waals surface area contributed by atoms with E-state index in [1.54, 1.807) is 24.3 Å². The van der Waals surface area contributed by atoms with E-state index in [-0.39, 0.29) is 6.04 Å². The number of ether oxygens (including phenoxy) is 1. The molecule has 0 unspecified atom stereocenters. The molecule has 1 aromatic carbocycles. The molecule has 2 amide bonds. The summed E-state index contributed by atoms with van der Waals surface area (Å²) in [6, 6.07) is 6.47. The molecule has 1 aliphatic rings. The van der Waals surface area contributed by atoms with Crippen LogP contribution in [0, 0.1) is 0 Å². The van der Waals surface area contributed by atoms with Crippen molar-refractivity contribution in [2.24, 2.45) is 0 Å². The zero-order chi connectivity index (χ0) is 13.7. The van der Waals surface area contributed by atoms with E-state index in [1.807, 2.05) is 0 Å². The third kappa shape index (κ3) is 4.22. The maximum atomic E-state index is 11.7. The number of halogens is 1. The van der Waals surface area contributed by atoms with Crippen molar-refractivity contribution in [1.29, 1.82) is 0 Å². The summed E-state index contributed by atoms with van der Waals surface area (Å²) in [5.74, 6) is -1.33. The summed E-state index contributed by atoms with van der Waals surface area (Å²) < 4.78 is 5.23. The Hall–Kier alpha value is -1.59. The number of carbonyl (C=O) groups is 2. The second-order valence-electron chi connectivity index (χ2n) is 4.35. The van der Waals surface area contributed by atoms with E-state index in [0.717, 1.165) is 12.8 Å². The number of rotatable bonds is 2. The zero-order valence-corrected chi connectivity index (χ0v) is 11.1. The van der Waals surface area contributed by atoms with E-state index < -0.39 is 11.8 Å². The van der Waals surface area contributed by atoms with Crippen molar-refractivity contribution in [3.05, 3.63) is 29.3 Å². The van der Waals surface area contributed by atoms with Gasteiger partial charge in [-0.2, -0.15) is 0 Å². The molecule has 0 aliphatic carbocycles. The molecule has 1 aliphatic heterocycles. The number of hydrogen-bond donors (Lipinski definition) is 2. The fourth-order valence-corrected chi connectivity index (χ4v) is 1.95. The number of benzene rings is 1. The molecule has 6 heteroatoms. The molecule has 0 bridgehead atoms. The summed E-state index contributed by atoms with van der Waals surface area (Å²) in [6.45, 7) is 1.17. The van der Waals surface area contributed by atoms with Crippen molar-refractivity contribution in [3.8, 4) is 0 Å². The fourth-order valence-electron chi connectivity index (χ4n) is 1.83. The summed E-state index contributed by atoms with van der Waals surface area (Å²) >= 11 is 5.73. The molecule has 2 rings (SSSR count). The van der Waals surface area contributed by atoms with Crippen molar-refractivity contribution in [3.63, 3.8) is 0 Å². The summed E-state index contributed by atoms with van der Waals surface area (Å²) in [7, 11) is 0. The summed E-state index contributed by atoms with van der Waals surface area (Å²) in [5, 5.41) is 5.73. The van der Waals surface area contributed by atoms with Crippen LogP contribution in [-0.2, 0) is 14.3 Å². The van der Waals surface area contributed by atoms with E-state index in [4.69, 9.17) is 16.3 Å². The summed E-state index contributed by atoms with van der Waals surface area (Å²) in [5.41, 5.74) is 0.532. The third-order valence-electron chi connectivity index (χ3n) is 2.80. The SMILES string of the molecule is O=C(Nc1ccc(Cl)cc1)C(=O)N[C@@H]1CCCOC1. The van der Waals surface area contributed by atoms with Gasteiger partial charge in [-0.05, 0) is 37.1 Å². The standard InChI is InChI=1S/C13H15ClN2O3/c14-9-3-5-10(6-4-9)15-12(17)13(18)16-11-2-1-7-19-8-11/h3-6,11H,1-2,7-8H2,(H,15,17)(H,16,18)/t11-/m1/s1. The minimum absolute atomic E-state index is 0.0859. The number of carbonyl (C=O) groups excluding carboxylic acids is 2. The number of nitrogens with one attached hydrogen (secondary N) is 2. The lowest BCUT2D eigenvalue weighted by atomic mass is 10.1. The highest BCUT2D eigenvalue weighted by Gasteiger charge is 2.20. The van der Waals surface area contributed by atoms with Crippen LogP contribution in [0.2, 0.25) is 5.02 Å². The Kier molecular flexibility index (Phi) is 4.76. The van der Waals surface area contributed by atoms with Gasteiger partial charge < -0.3 is 15.4 Å². The normalized spacial score (nSPS) is 18.7. The first kappa shape index (κ1) is 13.8. The Labute approximate surface area is 116 Å². The molecule has 0 spiro atoms. The maximum Gasteiger partial charge on any atom is 0.313 e. The molecule has 1 aromatic rings. The molecule has 1 atom stereocenters. The fraction of sp³-hybridized carbons (Fsp3) is 0.385. The number of hydrogen-bond acceptors (Lipinski definition) is 3. The van der Waals surface area contributed by atoms with E-state index in [1.165, 1.54) is 0 Å². The predicted octanol–water partition coefficient (Wildman–Crippen LogP) is 1.57. The van der Waals surface area contributed by atoms with Crippen LogP contribution in [0.25, 0.3) is 0 Å². The molecule has 1 saturated heterocycles. The highest BCUT2D eigenvalue weighted by molar-refractivity contribution is 6.39. The largest absolute Gasteiger partial charge is 0.379 e. The lowest BCUT2D eigenvalue weighted by molar-refractivity contribution is -0.137. The molecule has 0 radical (unpaired) electrons. The average molecular weight is 283 g/mol. The highest BCUT2D eigenvalue weighted by atomic mass is 35.5. The van der Waals surface area contributed by atoms with Gasteiger partial charge in [0.15, 0.2) is 0 Å². The second kappa shape index (κ2) is 6.54. The highest BCUT2D eigenvalue weighted by Crippen LogP contribution is 2.13. The van der Waals surface area contributed by atoms with Crippen LogP contribution >= 0.6 is 11.6 Å². The van der Waals surface area contributed by atoms with Gasteiger partial charge in [0, 0.05) is 17.3 Å².